The minimum Gasteiger partial charge on any atom is -0.200 e. The Morgan fingerprint density at radius 1 is 0.710 bits per heavy atom. The molecular weight excluding hydrogens is 374 g/mol. The summed E-state index contributed by atoms with van der Waals surface area (Å²) in [6.07, 6.45) is 9.17. The van der Waals surface area contributed by atoms with Crippen LogP contribution in [0, 0.1) is 13.8 Å². The summed E-state index contributed by atoms with van der Waals surface area (Å²) in [5, 5.41) is 2.70. The van der Waals surface area contributed by atoms with Gasteiger partial charge in [0.15, 0.2) is 6.20 Å². The smallest absolute Gasteiger partial charge is 0.200 e. The van der Waals surface area contributed by atoms with Gasteiger partial charge in [-0.3, -0.25) is 0 Å². The van der Waals surface area contributed by atoms with Gasteiger partial charge in [0, 0.05) is 17.2 Å². The molecule has 0 aliphatic heterocycles. The number of nitrogens with zero attached hydrogens (tertiary/aromatic N) is 1. The van der Waals surface area contributed by atoms with Crippen LogP contribution in [-0.2, 0) is 7.05 Å². The topological polar surface area (TPSA) is 3.88 Å². The highest BCUT2D eigenvalue weighted by Gasteiger charge is 2.18. The first-order valence-corrected chi connectivity index (χ1v) is 11.7. The maximum Gasteiger partial charge on any atom is 0.212 e. The van der Waals surface area contributed by atoms with E-state index in [-0.39, 0.29) is 0 Å². The summed E-state index contributed by atoms with van der Waals surface area (Å²) in [6.45, 7) is 4.41. The highest BCUT2D eigenvalue weighted by atomic mass is 14.9. The Morgan fingerprint density at radius 2 is 1.45 bits per heavy atom. The first kappa shape index (κ1) is 20.0. The minimum atomic E-state index is 0.758. The zero-order valence-electron chi connectivity index (χ0n) is 19.0. The number of hydrogen-bond acceptors (Lipinski definition) is 0. The van der Waals surface area contributed by atoms with E-state index in [1.807, 2.05) is 0 Å². The van der Waals surface area contributed by atoms with E-state index in [2.05, 4.69) is 98.4 Å². The van der Waals surface area contributed by atoms with Crippen molar-refractivity contribution in [2.24, 2.45) is 7.05 Å². The van der Waals surface area contributed by atoms with Crippen LogP contribution in [0.3, 0.4) is 0 Å². The summed E-state index contributed by atoms with van der Waals surface area (Å²) in [5.74, 6) is 0.758. The average molecular weight is 407 g/mol. The van der Waals surface area contributed by atoms with Gasteiger partial charge in [0.2, 0.25) is 5.69 Å². The molecule has 0 radical (unpaired) electrons. The second-order valence-electron chi connectivity index (χ2n) is 9.34. The Balaban J connectivity index is 1.51. The van der Waals surface area contributed by atoms with Gasteiger partial charge in [0.1, 0.15) is 7.05 Å². The van der Waals surface area contributed by atoms with E-state index in [1.54, 1.807) is 0 Å². The van der Waals surface area contributed by atoms with Gasteiger partial charge in [0.05, 0.1) is 0 Å². The lowest BCUT2D eigenvalue weighted by Crippen LogP contribution is -2.31. The molecule has 31 heavy (non-hydrogen) atoms. The SMILES string of the molecule is Cc1cc(-c2ccccc2C)[n+](C)cc1-c1ccc2cc(C3CCCCC3)ccc2c1. The lowest BCUT2D eigenvalue weighted by Gasteiger charge is -2.22. The second kappa shape index (κ2) is 8.30. The Morgan fingerprint density at radius 3 is 2.26 bits per heavy atom. The van der Waals surface area contributed by atoms with Crippen molar-refractivity contribution in [3.8, 4) is 22.4 Å². The third-order valence-corrected chi connectivity index (χ3v) is 7.15. The predicted molar refractivity (Wildman–Crippen MR) is 131 cm³/mol. The van der Waals surface area contributed by atoms with E-state index in [0.29, 0.717) is 0 Å². The van der Waals surface area contributed by atoms with Crippen molar-refractivity contribution in [3.63, 3.8) is 0 Å². The molecule has 4 aromatic rings. The molecule has 0 bridgehead atoms. The van der Waals surface area contributed by atoms with Gasteiger partial charge in [-0.15, -0.1) is 0 Å². The standard InChI is InChI=1S/C30H32N/c1-21-9-7-8-12-28(21)30-17-22(2)29(20-31(30)3)27-16-15-25-18-24(13-14-26(25)19-27)23-10-5-4-6-11-23/h7-9,12-20,23H,4-6,10-11H2,1-3H3/q+1. The average Bonchev–Trinajstić information content (AvgIpc) is 2.81. The fourth-order valence-corrected chi connectivity index (χ4v) is 5.30. The molecule has 0 spiro atoms. The lowest BCUT2D eigenvalue weighted by molar-refractivity contribution is -0.660. The molecule has 1 fully saturated rings. The fourth-order valence-electron chi connectivity index (χ4n) is 5.30. The highest BCUT2D eigenvalue weighted by Crippen LogP contribution is 2.35. The van der Waals surface area contributed by atoms with Crippen molar-refractivity contribution >= 4 is 10.8 Å². The number of pyridine rings is 1. The molecule has 0 N–H and O–H groups in total. The van der Waals surface area contributed by atoms with Gasteiger partial charge < -0.3 is 0 Å². The molecule has 1 aromatic heterocycles. The van der Waals surface area contributed by atoms with Gasteiger partial charge in [-0.2, -0.15) is 0 Å². The second-order valence-corrected chi connectivity index (χ2v) is 9.34. The maximum absolute atomic E-state index is 2.43. The van der Waals surface area contributed by atoms with Crippen LogP contribution in [0.5, 0.6) is 0 Å². The van der Waals surface area contributed by atoms with Crippen molar-refractivity contribution in [2.75, 3.05) is 0 Å². The molecule has 1 heterocycles. The summed E-state index contributed by atoms with van der Waals surface area (Å²) < 4.78 is 2.26. The molecule has 0 atom stereocenters. The lowest BCUT2D eigenvalue weighted by atomic mass is 9.83. The fraction of sp³-hybridized carbons (Fsp3) is 0.300. The first-order chi connectivity index (χ1) is 15.1. The molecule has 1 saturated carbocycles. The Hall–Kier alpha value is -2.93. The van der Waals surface area contributed by atoms with Crippen molar-refractivity contribution in [2.45, 2.75) is 51.9 Å². The summed E-state index contributed by atoms with van der Waals surface area (Å²) in [7, 11) is 2.15. The normalized spacial score (nSPS) is 14.8. The van der Waals surface area contributed by atoms with Crippen LogP contribution in [0.4, 0.5) is 0 Å². The molecule has 156 valence electrons. The molecule has 1 nitrogen and oxygen atoms in total. The Kier molecular flexibility index (Phi) is 5.36. The summed E-state index contributed by atoms with van der Waals surface area (Å²) >= 11 is 0. The van der Waals surface area contributed by atoms with E-state index < -0.39 is 0 Å². The largest absolute Gasteiger partial charge is 0.212 e. The quantitative estimate of drug-likeness (QED) is 0.307. The van der Waals surface area contributed by atoms with E-state index in [1.165, 1.54) is 82.0 Å². The van der Waals surface area contributed by atoms with Gasteiger partial charge in [-0.25, -0.2) is 4.57 Å². The van der Waals surface area contributed by atoms with Crippen LogP contribution in [0.15, 0.2) is 72.9 Å². The zero-order valence-corrected chi connectivity index (χ0v) is 19.0. The van der Waals surface area contributed by atoms with Crippen molar-refractivity contribution < 1.29 is 4.57 Å². The molecule has 0 saturated heterocycles. The van der Waals surface area contributed by atoms with Crippen LogP contribution in [0.25, 0.3) is 33.2 Å². The molecule has 3 aromatic carbocycles. The van der Waals surface area contributed by atoms with Gasteiger partial charge in [-0.1, -0.05) is 67.8 Å². The van der Waals surface area contributed by atoms with Crippen molar-refractivity contribution in [1.82, 2.24) is 0 Å². The van der Waals surface area contributed by atoms with Gasteiger partial charge >= 0.3 is 0 Å². The van der Waals surface area contributed by atoms with Crippen LogP contribution in [-0.4, -0.2) is 0 Å². The van der Waals surface area contributed by atoms with Crippen LogP contribution in [0.1, 0.15) is 54.7 Å². The molecular formula is C30H32N+. The predicted octanol–water partition coefficient (Wildman–Crippen LogP) is 7.66. The summed E-state index contributed by atoms with van der Waals surface area (Å²) in [4.78, 5) is 0. The molecule has 5 rings (SSSR count). The van der Waals surface area contributed by atoms with Crippen molar-refractivity contribution in [3.05, 3.63) is 89.6 Å². The molecule has 0 unspecified atom stereocenters. The van der Waals surface area contributed by atoms with Crippen LogP contribution < -0.4 is 4.57 Å². The van der Waals surface area contributed by atoms with E-state index in [0.717, 1.165) is 5.92 Å². The zero-order chi connectivity index (χ0) is 21.4. The van der Waals surface area contributed by atoms with Crippen LogP contribution >= 0.6 is 0 Å². The molecule has 0 amide bonds. The number of aryl methyl sites for hydroxylation is 3. The highest BCUT2D eigenvalue weighted by molar-refractivity contribution is 5.88. The Labute approximate surface area is 186 Å². The molecule has 1 aliphatic carbocycles. The van der Waals surface area contributed by atoms with Gasteiger partial charge in [0.25, 0.3) is 0 Å². The number of benzene rings is 3. The molecule has 1 aliphatic rings. The van der Waals surface area contributed by atoms with E-state index >= 15 is 0 Å². The summed E-state index contributed by atoms with van der Waals surface area (Å²) in [6, 6.07) is 25.1. The number of rotatable bonds is 3. The number of aromatic nitrogens is 1. The maximum atomic E-state index is 2.43. The molecule has 1 heteroatoms. The first-order valence-electron chi connectivity index (χ1n) is 11.7. The third-order valence-electron chi connectivity index (χ3n) is 7.15. The van der Waals surface area contributed by atoms with E-state index in [4.69, 9.17) is 0 Å². The third kappa shape index (κ3) is 3.90. The number of fused-ring (bicyclic) bond motifs is 1. The monoisotopic (exact) mass is 406 g/mol. The summed E-state index contributed by atoms with van der Waals surface area (Å²) in [5.41, 5.74) is 9.32. The number of hydrogen-bond donors (Lipinski definition) is 0. The van der Waals surface area contributed by atoms with Crippen molar-refractivity contribution in [1.29, 1.82) is 0 Å². The van der Waals surface area contributed by atoms with E-state index in [9.17, 15) is 0 Å². The van der Waals surface area contributed by atoms with Gasteiger partial charge in [-0.05, 0) is 77.8 Å². The minimum absolute atomic E-state index is 0.758. The Bertz CT molecular complexity index is 1240. The van der Waals surface area contributed by atoms with Crippen LogP contribution in [0.2, 0.25) is 0 Å².